The quantitative estimate of drug-likeness (QED) is 0.726. The molecule has 3 N–H and O–H groups in total. The Kier molecular flexibility index (Phi) is 6.56. The zero-order valence-corrected chi connectivity index (χ0v) is 17.2. The fraction of sp³-hybridized carbons (Fsp3) is 0.300. The highest BCUT2D eigenvalue weighted by Gasteiger charge is 2.32. The van der Waals surface area contributed by atoms with Crippen LogP contribution >= 0.6 is 11.6 Å². The van der Waals surface area contributed by atoms with Crippen molar-refractivity contribution in [2.45, 2.75) is 18.6 Å². The van der Waals surface area contributed by atoms with Crippen LogP contribution in [-0.2, 0) is 20.6 Å². The number of halogens is 1. The molecular weight excluding hydrogens is 414 g/mol. The molecule has 9 heteroatoms. The molecule has 1 fully saturated rings. The van der Waals surface area contributed by atoms with E-state index >= 15 is 0 Å². The van der Waals surface area contributed by atoms with Crippen molar-refractivity contribution in [3.05, 3.63) is 64.7 Å². The first-order valence-electron chi connectivity index (χ1n) is 9.18. The smallest absolute Gasteiger partial charge is 0.250 e. The van der Waals surface area contributed by atoms with Gasteiger partial charge in [0.2, 0.25) is 15.9 Å². The number of hydrogen-bond acceptors (Lipinski definition) is 4. The van der Waals surface area contributed by atoms with Crippen LogP contribution in [0.4, 0.5) is 5.69 Å². The van der Waals surface area contributed by atoms with Crippen molar-refractivity contribution in [1.82, 2.24) is 4.31 Å². The third kappa shape index (κ3) is 5.35. The van der Waals surface area contributed by atoms with Crippen molar-refractivity contribution in [2.75, 3.05) is 18.4 Å². The molecule has 0 aromatic heterocycles. The molecule has 3 rings (SSSR count). The number of carbonyl (C=O) groups is 2. The lowest BCUT2D eigenvalue weighted by Crippen LogP contribution is -2.44. The summed E-state index contributed by atoms with van der Waals surface area (Å²) in [5.74, 6) is -1.66. The van der Waals surface area contributed by atoms with Crippen molar-refractivity contribution < 1.29 is 18.0 Å². The van der Waals surface area contributed by atoms with Crippen LogP contribution in [0.5, 0.6) is 0 Å². The standard InChI is InChI=1S/C20H22ClN3O4S/c21-16-7-3-5-14(11-16)13-29(27,28)24-10-4-6-15(12-24)20(26)23-18-9-2-1-8-17(18)19(22)25/h1-3,5,7-9,11,15H,4,6,10,12-13H2,(H2,22,25)(H,23,26). The molecule has 2 aromatic carbocycles. The fourth-order valence-electron chi connectivity index (χ4n) is 3.38. The largest absolute Gasteiger partial charge is 0.366 e. The average Bonchev–Trinajstić information content (AvgIpc) is 2.68. The number of sulfonamides is 1. The number of carbonyl (C=O) groups excluding carboxylic acids is 2. The molecule has 0 aliphatic carbocycles. The lowest BCUT2D eigenvalue weighted by Gasteiger charge is -2.31. The van der Waals surface area contributed by atoms with E-state index in [-0.39, 0.29) is 23.8 Å². The highest BCUT2D eigenvalue weighted by Crippen LogP contribution is 2.24. The van der Waals surface area contributed by atoms with Gasteiger partial charge in [-0.25, -0.2) is 12.7 Å². The minimum absolute atomic E-state index is 0.0907. The second-order valence-electron chi connectivity index (χ2n) is 6.98. The first-order valence-corrected chi connectivity index (χ1v) is 11.2. The maximum atomic E-state index is 12.8. The summed E-state index contributed by atoms with van der Waals surface area (Å²) in [6, 6.07) is 13.2. The molecule has 1 saturated heterocycles. The minimum atomic E-state index is -3.59. The molecule has 0 saturated carbocycles. The number of hydrogen-bond donors (Lipinski definition) is 2. The molecule has 1 unspecified atom stereocenters. The zero-order chi connectivity index (χ0) is 21.0. The van der Waals surface area contributed by atoms with Crippen LogP contribution < -0.4 is 11.1 Å². The monoisotopic (exact) mass is 435 g/mol. The molecule has 29 heavy (non-hydrogen) atoms. The van der Waals surface area contributed by atoms with Crippen LogP contribution in [0, 0.1) is 5.92 Å². The summed E-state index contributed by atoms with van der Waals surface area (Å²) < 4.78 is 27.0. The lowest BCUT2D eigenvalue weighted by atomic mass is 9.98. The Bertz CT molecular complexity index is 1030. The molecule has 0 bridgehead atoms. The summed E-state index contributed by atoms with van der Waals surface area (Å²) in [6.07, 6.45) is 1.14. The van der Waals surface area contributed by atoms with Crippen LogP contribution in [0.25, 0.3) is 0 Å². The van der Waals surface area contributed by atoms with Gasteiger partial charge in [0.1, 0.15) is 0 Å². The first kappa shape index (κ1) is 21.3. The van der Waals surface area contributed by atoms with Crippen molar-refractivity contribution in [3.8, 4) is 0 Å². The van der Waals surface area contributed by atoms with Crippen molar-refractivity contribution in [1.29, 1.82) is 0 Å². The lowest BCUT2D eigenvalue weighted by molar-refractivity contribution is -0.120. The van der Waals surface area contributed by atoms with E-state index in [1.165, 1.54) is 10.4 Å². The summed E-state index contributed by atoms with van der Waals surface area (Å²) in [7, 11) is -3.59. The van der Waals surface area contributed by atoms with Gasteiger partial charge in [-0.05, 0) is 42.7 Å². The molecule has 7 nitrogen and oxygen atoms in total. The van der Waals surface area contributed by atoms with Gasteiger partial charge in [-0.15, -0.1) is 0 Å². The fourth-order valence-corrected chi connectivity index (χ4v) is 5.19. The van der Waals surface area contributed by atoms with Crippen LogP contribution in [-0.4, -0.2) is 37.6 Å². The highest BCUT2D eigenvalue weighted by atomic mass is 35.5. The number of nitrogens with zero attached hydrogens (tertiary/aromatic N) is 1. The minimum Gasteiger partial charge on any atom is -0.366 e. The Labute approximate surface area is 174 Å². The van der Waals surface area contributed by atoms with Gasteiger partial charge < -0.3 is 11.1 Å². The predicted molar refractivity (Wildman–Crippen MR) is 112 cm³/mol. The van der Waals surface area contributed by atoms with Gasteiger partial charge in [-0.2, -0.15) is 0 Å². The Balaban J connectivity index is 1.70. The zero-order valence-electron chi connectivity index (χ0n) is 15.7. The van der Waals surface area contributed by atoms with E-state index < -0.39 is 21.8 Å². The van der Waals surface area contributed by atoms with Crippen molar-refractivity contribution in [3.63, 3.8) is 0 Å². The number of rotatable bonds is 6. The molecule has 2 aromatic rings. The SMILES string of the molecule is NC(=O)c1ccccc1NC(=O)C1CCCN(S(=O)(=O)Cc2cccc(Cl)c2)C1. The average molecular weight is 436 g/mol. The predicted octanol–water partition coefficient (Wildman–Crippen LogP) is 2.62. The van der Waals surface area contributed by atoms with Crippen molar-refractivity contribution >= 4 is 39.1 Å². The van der Waals surface area contributed by atoms with Gasteiger partial charge in [0.25, 0.3) is 5.91 Å². The molecule has 2 amide bonds. The van der Waals surface area contributed by atoms with E-state index in [0.29, 0.717) is 35.7 Å². The summed E-state index contributed by atoms with van der Waals surface area (Å²) in [6.45, 7) is 0.456. The van der Waals surface area contributed by atoms with Gasteiger partial charge in [-0.3, -0.25) is 9.59 Å². The molecule has 1 aliphatic rings. The number of primary amides is 1. The summed E-state index contributed by atoms with van der Waals surface area (Å²) in [5, 5.41) is 3.19. The number of para-hydroxylation sites is 1. The van der Waals surface area contributed by atoms with Gasteiger partial charge in [-0.1, -0.05) is 35.9 Å². The summed E-state index contributed by atoms with van der Waals surface area (Å²) >= 11 is 5.94. The Morgan fingerprint density at radius 2 is 1.93 bits per heavy atom. The topological polar surface area (TPSA) is 110 Å². The molecule has 1 aliphatic heterocycles. The second-order valence-corrected chi connectivity index (χ2v) is 9.39. The van der Waals surface area contributed by atoms with E-state index in [0.717, 1.165) is 0 Å². The normalized spacial score (nSPS) is 17.6. The van der Waals surface area contributed by atoms with E-state index in [1.54, 1.807) is 42.5 Å². The number of nitrogens with one attached hydrogen (secondary N) is 1. The van der Waals surface area contributed by atoms with E-state index in [9.17, 15) is 18.0 Å². The molecule has 154 valence electrons. The van der Waals surface area contributed by atoms with Crippen LogP contribution in [0.15, 0.2) is 48.5 Å². The summed E-state index contributed by atoms with van der Waals surface area (Å²) in [4.78, 5) is 24.3. The third-order valence-corrected chi connectivity index (χ3v) is 6.89. The third-order valence-electron chi connectivity index (χ3n) is 4.84. The van der Waals surface area contributed by atoms with Crippen LogP contribution in [0.3, 0.4) is 0 Å². The van der Waals surface area contributed by atoms with Crippen LogP contribution in [0.1, 0.15) is 28.8 Å². The second kappa shape index (κ2) is 8.94. The first-order chi connectivity index (χ1) is 13.8. The molecule has 1 heterocycles. The van der Waals surface area contributed by atoms with Crippen molar-refractivity contribution in [2.24, 2.45) is 11.7 Å². The highest BCUT2D eigenvalue weighted by molar-refractivity contribution is 7.88. The van der Waals surface area contributed by atoms with Gasteiger partial charge in [0.05, 0.1) is 22.9 Å². The molecule has 0 radical (unpaired) electrons. The van der Waals surface area contributed by atoms with Gasteiger partial charge in [0, 0.05) is 18.1 Å². The number of nitrogens with two attached hydrogens (primary N) is 1. The van der Waals surface area contributed by atoms with Crippen LogP contribution in [0.2, 0.25) is 5.02 Å². The maximum absolute atomic E-state index is 12.8. The molecule has 0 spiro atoms. The molecular formula is C20H22ClN3O4S. The Morgan fingerprint density at radius 3 is 2.66 bits per heavy atom. The van der Waals surface area contributed by atoms with E-state index in [2.05, 4.69) is 5.32 Å². The Hall–Kier alpha value is -2.42. The number of anilines is 1. The number of benzene rings is 2. The number of amides is 2. The van der Waals surface area contributed by atoms with E-state index in [4.69, 9.17) is 17.3 Å². The maximum Gasteiger partial charge on any atom is 0.250 e. The van der Waals surface area contributed by atoms with E-state index in [1.807, 2.05) is 0 Å². The van der Waals surface area contributed by atoms with Gasteiger partial charge >= 0.3 is 0 Å². The molecule has 1 atom stereocenters. The van der Waals surface area contributed by atoms with Gasteiger partial charge in [0.15, 0.2) is 0 Å². The Morgan fingerprint density at radius 1 is 1.17 bits per heavy atom. The summed E-state index contributed by atoms with van der Waals surface area (Å²) in [5.41, 5.74) is 6.47. The number of piperidine rings is 1.